The van der Waals surface area contributed by atoms with E-state index in [2.05, 4.69) is 11.2 Å². The Balaban J connectivity index is 3.09. The normalized spacial score (nSPS) is 9.00. The van der Waals surface area contributed by atoms with Gasteiger partial charge in [-0.05, 0) is 19.9 Å². The van der Waals surface area contributed by atoms with E-state index in [4.69, 9.17) is 11.2 Å². The van der Waals surface area contributed by atoms with Gasteiger partial charge >= 0.3 is 5.97 Å². The molecule has 0 aliphatic rings. The second-order valence-electron chi connectivity index (χ2n) is 2.29. The van der Waals surface area contributed by atoms with E-state index < -0.39 is 0 Å². The zero-order chi connectivity index (χ0) is 9.23. The number of hydrogen-bond donors (Lipinski definition) is 1. The molecule has 0 amide bonds. The van der Waals surface area contributed by atoms with Gasteiger partial charge in [0.25, 0.3) is 0 Å². The predicted molar refractivity (Wildman–Crippen MR) is 47.6 cm³/mol. The minimum atomic E-state index is -0.210. The standard InChI is InChI=1S/C9H15NO2/c1-3-5-6-7-10-8-9(11)12-4-2/h1,10H,4-8H2,2H3. The smallest absolute Gasteiger partial charge is 0.319 e. The highest BCUT2D eigenvalue weighted by Gasteiger charge is 1.98. The highest BCUT2D eigenvalue weighted by Crippen LogP contribution is 1.82. The van der Waals surface area contributed by atoms with Crippen molar-refractivity contribution in [2.24, 2.45) is 0 Å². The van der Waals surface area contributed by atoms with Gasteiger partial charge in [0.05, 0.1) is 13.2 Å². The molecule has 0 aliphatic heterocycles. The van der Waals surface area contributed by atoms with Crippen LogP contribution in [0.5, 0.6) is 0 Å². The first-order valence-electron chi connectivity index (χ1n) is 4.11. The summed E-state index contributed by atoms with van der Waals surface area (Å²) in [6.07, 6.45) is 6.69. The van der Waals surface area contributed by atoms with Crippen molar-refractivity contribution in [3.63, 3.8) is 0 Å². The monoisotopic (exact) mass is 169 g/mol. The van der Waals surface area contributed by atoms with E-state index in [1.807, 2.05) is 0 Å². The van der Waals surface area contributed by atoms with Gasteiger partial charge in [-0.15, -0.1) is 12.3 Å². The van der Waals surface area contributed by atoms with Crippen molar-refractivity contribution >= 4 is 5.97 Å². The Hall–Kier alpha value is -1.01. The van der Waals surface area contributed by atoms with E-state index in [1.165, 1.54) is 0 Å². The second-order valence-corrected chi connectivity index (χ2v) is 2.29. The number of ether oxygens (including phenoxy) is 1. The lowest BCUT2D eigenvalue weighted by Crippen LogP contribution is -2.25. The largest absolute Gasteiger partial charge is 0.465 e. The van der Waals surface area contributed by atoms with Gasteiger partial charge in [0.2, 0.25) is 0 Å². The van der Waals surface area contributed by atoms with Crippen LogP contribution >= 0.6 is 0 Å². The van der Waals surface area contributed by atoms with Crippen LogP contribution in [0.2, 0.25) is 0 Å². The van der Waals surface area contributed by atoms with Crippen LogP contribution in [0, 0.1) is 12.3 Å². The first-order valence-corrected chi connectivity index (χ1v) is 4.11. The average Bonchev–Trinajstić information content (AvgIpc) is 2.05. The molecule has 0 aromatic carbocycles. The molecule has 0 aromatic heterocycles. The van der Waals surface area contributed by atoms with Crippen molar-refractivity contribution in [1.82, 2.24) is 5.32 Å². The third kappa shape index (κ3) is 7.10. The van der Waals surface area contributed by atoms with Gasteiger partial charge < -0.3 is 10.1 Å². The van der Waals surface area contributed by atoms with Gasteiger partial charge in [0, 0.05) is 6.42 Å². The maximum Gasteiger partial charge on any atom is 0.319 e. The predicted octanol–water partition coefficient (Wildman–Crippen LogP) is 0.552. The van der Waals surface area contributed by atoms with Gasteiger partial charge in [-0.2, -0.15) is 0 Å². The van der Waals surface area contributed by atoms with E-state index >= 15 is 0 Å². The van der Waals surface area contributed by atoms with Gasteiger partial charge in [0.1, 0.15) is 0 Å². The van der Waals surface area contributed by atoms with E-state index in [0.29, 0.717) is 6.61 Å². The molecule has 3 heteroatoms. The lowest BCUT2D eigenvalue weighted by Gasteiger charge is -2.02. The molecule has 0 saturated carbocycles. The maximum atomic E-state index is 10.8. The SMILES string of the molecule is C#CCCCNCC(=O)OCC. The van der Waals surface area contributed by atoms with Crippen molar-refractivity contribution in [3.05, 3.63) is 0 Å². The van der Waals surface area contributed by atoms with Crippen LogP contribution in [0.1, 0.15) is 19.8 Å². The zero-order valence-corrected chi connectivity index (χ0v) is 7.43. The Morgan fingerprint density at radius 3 is 3.00 bits per heavy atom. The highest BCUT2D eigenvalue weighted by molar-refractivity contribution is 5.71. The molecule has 0 fully saturated rings. The topological polar surface area (TPSA) is 38.3 Å². The molecule has 0 aliphatic carbocycles. The first-order chi connectivity index (χ1) is 5.81. The molecule has 0 radical (unpaired) electrons. The summed E-state index contributed by atoms with van der Waals surface area (Å²) >= 11 is 0. The van der Waals surface area contributed by atoms with Crippen LogP contribution in [0.15, 0.2) is 0 Å². The number of nitrogens with one attached hydrogen (secondary N) is 1. The second kappa shape index (κ2) is 8.09. The zero-order valence-electron chi connectivity index (χ0n) is 7.43. The van der Waals surface area contributed by atoms with Crippen LogP contribution < -0.4 is 5.32 Å². The van der Waals surface area contributed by atoms with Crippen molar-refractivity contribution in [2.75, 3.05) is 19.7 Å². The van der Waals surface area contributed by atoms with Gasteiger partial charge in [-0.25, -0.2) is 0 Å². The molecule has 0 heterocycles. The molecule has 68 valence electrons. The molecule has 0 saturated heterocycles. The number of carbonyl (C=O) groups excluding carboxylic acids is 1. The number of esters is 1. The molecule has 0 aromatic rings. The summed E-state index contributed by atoms with van der Waals surface area (Å²) in [7, 11) is 0. The van der Waals surface area contributed by atoms with Crippen LogP contribution in [0.3, 0.4) is 0 Å². The van der Waals surface area contributed by atoms with E-state index in [0.717, 1.165) is 19.4 Å². The fraction of sp³-hybridized carbons (Fsp3) is 0.667. The summed E-state index contributed by atoms with van der Waals surface area (Å²) in [4.78, 5) is 10.8. The van der Waals surface area contributed by atoms with Gasteiger partial charge in [0.15, 0.2) is 0 Å². The molecule has 0 rings (SSSR count). The molecule has 3 nitrogen and oxygen atoms in total. The summed E-state index contributed by atoms with van der Waals surface area (Å²) in [5, 5.41) is 2.93. The van der Waals surface area contributed by atoms with Gasteiger partial charge in [-0.1, -0.05) is 0 Å². The Kier molecular flexibility index (Phi) is 7.41. The minimum Gasteiger partial charge on any atom is -0.465 e. The molecule has 0 spiro atoms. The average molecular weight is 169 g/mol. The van der Waals surface area contributed by atoms with E-state index in [1.54, 1.807) is 6.92 Å². The number of rotatable bonds is 6. The van der Waals surface area contributed by atoms with Crippen molar-refractivity contribution in [2.45, 2.75) is 19.8 Å². The fourth-order valence-corrected chi connectivity index (χ4v) is 0.718. The molecule has 1 N–H and O–H groups in total. The third-order valence-corrected chi connectivity index (χ3v) is 1.25. The van der Waals surface area contributed by atoms with Crippen molar-refractivity contribution in [1.29, 1.82) is 0 Å². The summed E-state index contributed by atoms with van der Waals surface area (Å²) in [6, 6.07) is 0. The Bertz CT molecular complexity index is 160. The highest BCUT2D eigenvalue weighted by atomic mass is 16.5. The Labute approximate surface area is 73.5 Å². The summed E-state index contributed by atoms with van der Waals surface area (Å²) in [5.41, 5.74) is 0. The number of unbranched alkanes of at least 4 members (excludes halogenated alkanes) is 1. The maximum absolute atomic E-state index is 10.8. The lowest BCUT2D eigenvalue weighted by atomic mass is 10.3. The minimum absolute atomic E-state index is 0.210. The summed E-state index contributed by atoms with van der Waals surface area (Å²) in [5.74, 6) is 2.31. The van der Waals surface area contributed by atoms with Crippen LogP contribution in [-0.4, -0.2) is 25.7 Å². The summed E-state index contributed by atoms with van der Waals surface area (Å²) in [6.45, 7) is 3.27. The van der Waals surface area contributed by atoms with Crippen LogP contribution in [0.25, 0.3) is 0 Å². The fourth-order valence-electron chi connectivity index (χ4n) is 0.718. The quantitative estimate of drug-likeness (QED) is 0.358. The number of hydrogen-bond acceptors (Lipinski definition) is 3. The molecular weight excluding hydrogens is 154 g/mol. The van der Waals surface area contributed by atoms with E-state index in [-0.39, 0.29) is 12.5 Å². The Morgan fingerprint density at radius 1 is 1.67 bits per heavy atom. The molecule has 0 unspecified atom stereocenters. The number of terminal acetylenes is 1. The van der Waals surface area contributed by atoms with Gasteiger partial charge in [-0.3, -0.25) is 4.79 Å². The third-order valence-electron chi connectivity index (χ3n) is 1.25. The molecule has 12 heavy (non-hydrogen) atoms. The molecule has 0 atom stereocenters. The van der Waals surface area contributed by atoms with Crippen molar-refractivity contribution < 1.29 is 9.53 Å². The van der Waals surface area contributed by atoms with Crippen LogP contribution in [0.4, 0.5) is 0 Å². The summed E-state index contributed by atoms with van der Waals surface area (Å²) < 4.78 is 4.71. The number of carbonyl (C=O) groups is 1. The van der Waals surface area contributed by atoms with Crippen LogP contribution in [-0.2, 0) is 9.53 Å². The Morgan fingerprint density at radius 2 is 2.42 bits per heavy atom. The first kappa shape index (κ1) is 11.0. The van der Waals surface area contributed by atoms with E-state index in [9.17, 15) is 4.79 Å². The molecule has 0 bridgehead atoms. The molecular formula is C9H15NO2. The lowest BCUT2D eigenvalue weighted by molar-refractivity contribution is -0.141. The van der Waals surface area contributed by atoms with Crippen molar-refractivity contribution in [3.8, 4) is 12.3 Å².